The third-order valence-electron chi connectivity index (χ3n) is 3.20. The van der Waals surface area contributed by atoms with E-state index in [-0.39, 0.29) is 24.2 Å². The van der Waals surface area contributed by atoms with E-state index in [0.29, 0.717) is 11.6 Å². The predicted octanol–water partition coefficient (Wildman–Crippen LogP) is 2.58. The average Bonchev–Trinajstić information content (AvgIpc) is 2.39. The number of nitrogens with one attached hydrogen (secondary N) is 1. The molecule has 1 fully saturated rings. The molecular formula is C16H22ClNO3. The first-order valence-electron chi connectivity index (χ1n) is 7.14. The molecule has 2 atom stereocenters. The van der Waals surface area contributed by atoms with Crippen LogP contribution in [0, 0.1) is 0 Å². The molecule has 0 radical (unpaired) electrons. The van der Waals surface area contributed by atoms with Crippen molar-refractivity contribution in [1.82, 2.24) is 5.32 Å². The van der Waals surface area contributed by atoms with Crippen LogP contribution in [-0.2, 0) is 20.7 Å². The smallest absolute Gasteiger partial charge is 0.251 e. The summed E-state index contributed by atoms with van der Waals surface area (Å²) in [5.74, 6) is -0.107. The van der Waals surface area contributed by atoms with Gasteiger partial charge in [0, 0.05) is 5.02 Å². The highest BCUT2D eigenvalue weighted by Crippen LogP contribution is 2.14. The van der Waals surface area contributed by atoms with Gasteiger partial charge in [-0.3, -0.25) is 4.79 Å². The zero-order chi connectivity index (χ0) is 15.5. The highest BCUT2D eigenvalue weighted by molar-refractivity contribution is 6.30. The Morgan fingerprint density at radius 1 is 1.33 bits per heavy atom. The maximum Gasteiger partial charge on any atom is 0.251 e. The number of amides is 1. The van der Waals surface area contributed by atoms with Crippen LogP contribution >= 0.6 is 11.6 Å². The lowest BCUT2D eigenvalue weighted by atomic mass is 10.0. The molecule has 0 spiro atoms. The molecule has 5 heteroatoms. The molecule has 1 N–H and O–H groups in total. The minimum absolute atomic E-state index is 0.00966. The standard InChI is InChI=1S/C16H22ClNO3/c1-16(2,3)21-10-14-15(19)18-13(9-20-14)8-11-4-6-12(17)7-5-11/h4-7,13-14H,8-10H2,1-3H3,(H,18,19)/t13?,14-/m0/s1. The van der Waals surface area contributed by atoms with E-state index in [1.807, 2.05) is 45.0 Å². The second kappa shape index (κ2) is 6.77. The van der Waals surface area contributed by atoms with E-state index in [0.717, 1.165) is 12.0 Å². The van der Waals surface area contributed by atoms with Crippen molar-refractivity contribution < 1.29 is 14.3 Å². The van der Waals surface area contributed by atoms with Crippen LogP contribution in [0.2, 0.25) is 5.02 Å². The van der Waals surface area contributed by atoms with Crippen LogP contribution in [-0.4, -0.2) is 36.9 Å². The zero-order valence-corrected chi connectivity index (χ0v) is 13.4. The Hall–Kier alpha value is -1.10. The number of hydrogen-bond donors (Lipinski definition) is 1. The van der Waals surface area contributed by atoms with Crippen LogP contribution in [0.1, 0.15) is 26.3 Å². The first-order valence-corrected chi connectivity index (χ1v) is 7.52. The summed E-state index contributed by atoms with van der Waals surface area (Å²) >= 11 is 5.86. The molecule has 116 valence electrons. The molecule has 21 heavy (non-hydrogen) atoms. The summed E-state index contributed by atoms with van der Waals surface area (Å²) in [5, 5.41) is 3.70. The molecule has 0 aliphatic carbocycles. The maximum atomic E-state index is 12.0. The van der Waals surface area contributed by atoms with E-state index in [4.69, 9.17) is 21.1 Å². The lowest BCUT2D eigenvalue weighted by Gasteiger charge is -2.31. The van der Waals surface area contributed by atoms with Crippen molar-refractivity contribution in [2.45, 2.75) is 44.9 Å². The Morgan fingerprint density at radius 2 is 2.00 bits per heavy atom. The minimum Gasteiger partial charge on any atom is -0.373 e. The molecule has 1 aliphatic heterocycles. The molecule has 4 nitrogen and oxygen atoms in total. The van der Waals surface area contributed by atoms with Gasteiger partial charge in [0.1, 0.15) is 0 Å². The Balaban J connectivity index is 1.83. The number of benzene rings is 1. The van der Waals surface area contributed by atoms with E-state index >= 15 is 0 Å². The third kappa shape index (κ3) is 5.30. The number of rotatable bonds is 4. The average molecular weight is 312 g/mol. The van der Waals surface area contributed by atoms with Gasteiger partial charge in [-0.15, -0.1) is 0 Å². The van der Waals surface area contributed by atoms with Gasteiger partial charge in [0.05, 0.1) is 24.9 Å². The fourth-order valence-electron chi connectivity index (χ4n) is 2.11. The van der Waals surface area contributed by atoms with Crippen molar-refractivity contribution >= 4 is 17.5 Å². The topological polar surface area (TPSA) is 47.6 Å². The number of hydrogen-bond acceptors (Lipinski definition) is 3. The van der Waals surface area contributed by atoms with Crippen molar-refractivity contribution in [1.29, 1.82) is 0 Å². The van der Waals surface area contributed by atoms with Gasteiger partial charge in [0.25, 0.3) is 5.91 Å². The molecule has 2 rings (SSSR count). The van der Waals surface area contributed by atoms with Gasteiger partial charge in [-0.2, -0.15) is 0 Å². The molecule has 1 unspecified atom stereocenters. The van der Waals surface area contributed by atoms with Crippen LogP contribution in [0.3, 0.4) is 0 Å². The minimum atomic E-state index is -0.523. The van der Waals surface area contributed by atoms with Gasteiger partial charge in [-0.25, -0.2) is 0 Å². The fraction of sp³-hybridized carbons (Fsp3) is 0.562. The molecule has 1 aromatic carbocycles. The maximum absolute atomic E-state index is 12.0. The van der Waals surface area contributed by atoms with Crippen LogP contribution in [0.5, 0.6) is 0 Å². The highest BCUT2D eigenvalue weighted by Gasteiger charge is 2.30. The predicted molar refractivity (Wildman–Crippen MR) is 82.5 cm³/mol. The van der Waals surface area contributed by atoms with E-state index in [2.05, 4.69) is 5.32 Å². The third-order valence-corrected chi connectivity index (χ3v) is 3.45. The fourth-order valence-corrected chi connectivity index (χ4v) is 2.23. The lowest BCUT2D eigenvalue weighted by Crippen LogP contribution is -2.53. The largest absolute Gasteiger partial charge is 0.373 e. The van der Waals surface area contributed by atoms with Crippen molar-refractivity contribution in [2.75, 3.05) is 13.2 Å². The second-order valence-corrected chi connectivity index (χ2v) is 6.72. The molecule has 0 saturated carbocycles. The molecule has 1 aromatic rings. The molecular weight excluding hydrogens is 290 g/mol. The van der Waals surface area contributed by atoms with Crippen LogP contribution in [0.15, 0.2) is 24.3 Å². The van der Waals surface area contributed by atoms with Gasteiger partial charge in [-0.05, 0) is 44.9 Å². The Labute approximate surface area is 130 Å². The first-order chi connectivity index (χ1) is 9.83. The number of halogens is 1. The zero-order valence-electron chi connectivity index (χ0n) is 12.7. The van der Waals surface area contributed by atoms with Crippen LogP contribution in [0.4, 0.5) is 0 Å². The normalized spacial score (nSPS) is 23.0. The van der Waals surface area contributed by atoms with Crippen molar-refractivity contribution in [3.05, 3.63) is 34.9 Å². The van der Waals surface area contributed by atoms with E-state index in [1.54, 1.807) is 0 Å². The number of carbonyl (C=O) groups is 1. The summed E-state index contributed by atoms with van der Waals surface area (Å²) in [6, 6.07) is 7.61. The number of carbonyl (C=O) groups excluding carboxylic acids is 1. The molecule has 1 aliphatic rings. The molecule has 1 heterocycles. The number of morpholine rings is 1. The van der Waals surface area contributed by atoms with Crippen molar-refractivity contribution in [3.63, 3.8) is 0 Å². The van der Waals surface area contributed by atoms with Gasteiger partial charge in [0.15, 0.2) is 6.10 Å². The van der Waals surface area contributed by atoms with E-state index in [1.165, 1.54) is 0 Å². The van der Waals surface area contributed by atoms with Gasteiger partial charge < -0.3 is 14.8 Å². The lowest BCUT2D eigenvalue weighted by molar-refractivity contribution is -0.150. The van der Waals surface area contributed by atoms with Crippen molar-refractivity contribution in [3.8, 4) is 0 Å². The summed E-state index contributed by atoms with van der Waals surface area (Å²) in [6.07, 6.45) is 0.209. The molecule has 0 aromatic heterocycles. The Kier molecular flexibility index (Phi) is 5.25. The summed E-state index contributed by atoms with van der Waals surface area (Å²) in [5.41, 5.74) is 0.849. The summed E-state index contributed by atoms with van der Waals surface area (Å²) in [7, 11) is 0. The Morgan fingerprint density at radius 3 is 2.57 bits per heavy atom. The van der Waals surface area contributed by atoms with Crippen molar-refractivity contribution in [2.24, 2.45) is 0 Å². The van der Waals surface area contributed by atoms with Gasteiger partial charge in [-0.1, -0.05) is 23.7 Å². The SMILES string of the molecule is CC(C)(C)OC[C@@H]1OCC(Cc2ccc(Cl)cc2)NC1=O. The second-order valence-electron chi connectivity index (χ2n) is 6.28. The molecule has 0 bridgehead atoms. The highest BCUT2D eigenvalue weighted by atomic mass is 35.5. The van der Waals surface area contributed by atoms with Crippen LogP contribution < -0.4 is 5.32 Å². The van der Waals surface area contributed by atoms with Crippen LogP contribution in [0.25, 0.3) is 0 Å². The summed E-state index contributed by atoms with van der Waals surface area (Å²) < 4.78 is 11.2. The first kappa shape index (κ1) is 16.3. The molecule has 1 amide bonds. The van der Waals surface area contributed by atoms with Gasteiger partial charge in [0.2, 0.25) is 0 Å². The number of ether oxygens (including phenoxy) is 2. The molecule has 1 saturated heterocycles. The van der Waals surface area contributed by atoms with Gasteiger partial charge >= 0.3 is 0 Å². The quantitative estimate of drug-likeness (QED) is 0.929. The van der Waals surface area contributed by atoms with E-state index < -0.39 is 6.10 Å². The summed E-state index contributed by atoms with van der Waals surface area (Å²) in [6.45, 7) is 6.64. The summed E-state index contributed by atoms with van der Waals surface area (Å²) in [4.78, 5) is 12.0. The Bertz CT molecular complexity index is 481. The van der Waals surface area contributed by atoms with E-state index in [9.17, 15) is 4.79 Å². The monoisotopic (exact) mass is 311 g/mol.